The Morgan fingerprint density at radius 2 is 2.15 bits per heavy atom. The highest BCUT2D eigenvalue weighted by Gasteiger charge is 2.24. The van der Waals surface area contributed by atoms with E-state index in [0.717, 1.165) is 68.7 Å². The smallest absolute Gasteiger partial charge is 0.193 e. The fourth-order valence-electron chi connectivity index (χ4n) is 3.33. The molecule has 0 unspecified atom stereocenters. The monoisotopic (exact) mass is 473 g/mol. The second-order valence-corrected chi connectivity index (χ2v) is 6.42. The van der Waals surface area contributed by atoms with Gasteiger partial charge in [-0.3, -0.25) is 10.1 Å². The SMILES string of the molecule is CCNC(=NCCc1c(C)noc1C)N1CCC(c2ncn[nH]2)CC1.I. The largest absolute Gasteiger partial charge is 0.361 e. The number of piperidine rings is 1. The third-order valence-electron chi connectivity index (χ3n) is 4.75. The predicted octanol–water partition coefficient (Wildman–Crippen LogP) is 2.42. The Morgan fingerprint density at radius 1 is 1.38 bits per heavy atom. The number of rotatable bonds is 5. The zero-order valence-corrected chi connectivity index (χ0v) is 18.0. The van der Waals surface area contributed by atoms with Crippen LogP contribution in [0.2, 0.25) is 0 Å². The molecule has 0 amide bonds. The second kappa shape index (κ2) is 9.89. The maximum atomic E-state index is 5.23. The lowest BCUT2D eigenvalue weighted by atomic mass is 9.96. The predicted molar refractivity (Wildman–Crippen MR) is 111 cm³/mol. The van der Waals surface area contributed by atoms with E-state index >= 15 is 0 Å². The van der Waals surface area contributed by atoms with Crippen molar-refractivity contribution in [1.29, 1.82) is 0 Å². The number of aromatic nitrogens is 4. The Morgan fingerprint density at radius 3 is 2.73 bits per heavy atom. The van der Waals surface area contributed by atoms with Gasteiger partial charge in [0.15, 0.2) is 5.96 Å². The van der Waals surface area contributed by atoms with Gasteiger partial charge in [0.05, 0.1) is 5.69 Å². The number of aryl methyl sites for hydroxylation is 2. The van der Waals surface area contributed by atoms with Gasteiger partial charge in [-0.05, 0) is 40.0 Å². The van der Waals surface area contributed by atoms with Crippen molar-refractivity contribution >= 4 is 29.9 Å². The topological polar surface area (TPSA) is 95.2 Å². The minimum Gasteiger partial charge on any atom is -0.361 e. The van der Waals surface area contributed by atoms with Gasteiger partial charge in [-0.25, -0.2) is 4.98 Å². The first-order valence-corrected chi connectivity index (χ1v) is 8.99. The van der Waals surface area contributed by atoms with Crippen LogP contribution in [0, 0.1) is 13.8 Å². The average molecular weight is 473 g/mol. The summed E-state index contributed by atoms with van der Waals surface area (Å²) in [6.45, 7) is 9.59. The first-order valence-electron chi connectivity index (χ1n) is 8.99. The molecule has 0 spiro atoms. The van der Waals surface area contributed by atoms with Crippen molar-refractivity contribution in [2.45, 2.75) is 46.0 Å². The van der Waals surface area contributed by atoms with Crippen LogP contribution < -0.4 is 5.32 Å². The van der Waals surface area contributed by atoms with Crippen molar-refractivity contribution in [3.8, 4) is 0 Å². The molecule has 8 nitrogen and oxygen atoms in total. The fourth-order valence-corrected chi connectivity index (χ4v) is 3.33. The molecular weight excluding hydrogens is 445 g/mol. The Hall–Kier alpha value is -1.65. The van der Waals surface area contributed by atoms with Crippen LogP contribution in [0.1, 0.15) is 48.5 Å². The van der Waals surface area contributed by atoms with Crippen LogP contribution in [0.25, 0.3) is 0 Å². The van der Waals surface area contributed by atoms with E-state index in [1.54, 1.807) is 6.33 Å². The van der Waals surface area contributed by atoms with Crippen molar-refractivity contribution in [2.24, 2.45) is 4.99 Å². The lowest BCUT2D eigenvalue weighted by Gasteiger charge is -2.33. The third-order valence-corrected chi connectivity index (χ3v) is 4.75. The molecule has 0 bridgehead atoms. The lowest BCUT2D eigenvalue weighted by Crippen LogP contribution is -2.45. The Balaban J connectivity index is 0.00000243. The number of H-pyrrole nitrogens is 1. The van der Waals surface area contributed by atoms with Crippen LogP contribution >= 0.6 is 24.0 Å². The lowest BCUT2D eigenvalue weighted by molar-refractivity contribution is 0.299. The molecule has 1 aliphatic heterocycles. The molecule has 3 heterocycles. The van der Waals surface area contributed by atoms with Gasteiger partial charge in [0, 0.05) is 37.7 Å². The molecule has 1 fully saturated rings. The Kier molecular flexibility index (Phi) is 7.85. The molecular formula is C17H28IN7O. The van der Waals surface area contributed by atoms with Gasteiger partial charge in [0.1, 0.15) is 17.9 Å². The summed E-state index contributed by atoms with van der Waals surface area (Å²) in [5.41, 5.74) is 2.13. The van der Waals surface area contributed by atoms with E-state index in [4.69, 9.17) is 9.52 Å². The summed E-state index contributed by atoms with van der Waals surface area (Å²) in [7, 11) is 0. The minimum absolute atomic E-state index is 0. The molecule has 9 heteroatoms. The number of aromatic amines is 1. The van der Waals surface area contributed by atoms with Crippen molar-refractivity contribution in [1.82, 2.24) is 30.6 Å². The van der Waals surface area contributed by atoms with Gasteiger partial charge < -0.3 is 14.7 Å². The number of likely N-dealkylation sites (tertiary alicyclic amines) is 1. The van der Waals surface area contributed by atoms with Crippen LogP contribution in [0.15, 0.2) is 15.8 Å². The molecule has 0 aliphatic carbocycles. The maximum absolute atomic E-state index is 5.23. The summed E-state index contributed by atoms with van der Waals surface area (Å²) in [4.78, 5) is 11.4. The molecule has 0 saturated carbocycles. The Labute approximate surface area is 171 Å². The van der Waals surface area contributed by atoms with Crippen molar-refractivity contribution in [2.75, 3.05) is 26.2 Å². The van der Waals surface area contributed by atoms with E-state index in [2.05, 4.69) is 37.5 Å². The number of hydrogen-bond donors (Lipinski definition) is 2. The van der Waals surface area contributed by atoms with E-state index in [-0.39, 0.29) is 24.0 Å². The summed E-state index contributed by atoms with van der Waals surface area (Å²) < 4.78 is 5.23. The third kappa shape index (κ3) is 4.95. The van der Waals surface area contributed by atoms with Gasteiger partial charge in [0.25, 0.3) is 0 Å². The molecule has 0 aromatic carbocycles. The average Bonchev–Trinajstić information content (AvgIpc) is 3.26. The van der Waals surface area contributed by atoms with Crippen LogP contribution in [-0.2, 0) is 6.42 Å². The quantitative estimate of drug-likeness (QED) is 0.394. The van der Waals surface area contributed by atoms with E-state index in [1.807, 2.05) is 13.8 Å². The Bertz CT molecular complexity index is 671. The molecule has 26 heavy (non-hydrogen) atoms. The highest BCUT2D eigenvalue weighted by Crippen LogP contribution is 2.25. The molecule has 1 saturated heterocycles. The van der Waals surface area contributed by atoms with Gasteiger partial charge >= 0.3 is 0 Å². The maximum Gasteiger partial charge on any atom is 0.193 e. The van der Waals surface area contributed by atoms with E-state index in [1.165, 1.54) is 5.56 Å². The molecule has 2 aromatic heterocycles. The molecule has 3 rings (SSSR count). The summed E-state index contributed by atoms with van der Waals surface area (Å²) in [6.07, 6.45) is 4.56. The molecule has 2 N–H and O–H groups in total. The molecule has 1 aliphatic rings. The zero-order chi connectivity index (χ0) is 17.6. The normalized spacial score (nSPS) is 15.8. The van der Waals surface area contributed by atoms with Crippen molar-refractivity contribution < 1.29 is 4.52 Å². The van der Waals surface area contributed by atoms with Gasteiger partial charge in [-0.2, -0.15) is 5.10 Å². The molecule has 0 radical (unpaired) electrons. The standard InChI is InChI=1S/C17H27N7O.HI/c1-4-18-17(19-8-5-15-12(2)23-25-13(15)3)24-9-6-14(7-10-24)16-20-11-21-22-16;/h11,14H,4-10H2,1-3H3,(H,18,19)(H,20,21,22);1H. The van der Waals surface area contributed by atoms with Crippen LogP contribution in [0.4, 0.5) is 0 Å². The van der Waals surface area contributed by atoms with Crippen molar-refractivity contribution in [3.63, 3.8) is 0 Å². The molecule has 144 valence electrons. The van der Waals surface area contributed by atoms with E-state index < -0.39 is 0 Å². The summed E-state index contributed by atoms with van der Waals surface area (Å²) in [6, 6.07) is 0. The number of nitrogens with zero attached hydrogens (tertiary/aromatic N) is 5. The van der Waals surface area contributed by atoms with Gasteiger partial charge in [-0.1, -0.05) is 5.16 Å². The molecule has 0 atom stereocenters. The number of hydrogen-bond acceptors (Lipinski definition) is 5. The number of aliphatic imine (C=N–C) groups is 1. The summed E-state index contributed by atoms with van der Waals surface area (Å²) in [5, 5.41) is 14.4. The number of guanidine groups is 1. The van der Waals surface area contributed by atoms with Crippen LogP contribution in [-0.4, -0.2) is 57.4 Å². The van der Waals surface area contributed by atoms with Crippen molar-refractivity contribution in [3.05, 3.63) is 29.2 Å². The van der Waals surface area contributed by atoms with Gasteiger partial charge in [-0.15, -0.1) is 24.0 Å². The second-order valence-electron chi connectivity index (χ2n) is 6.42. The first kappa shape index (κ1) is 20.7. The van der Waals surface area contributed by atoms with Crippen LogP contribution in [0.5, 0.6) is 0 Å². The minimum atomic E-state index is 0. The first-order chi connectivity index (χ1) is 12.2. The van der Waals surface area contributed by atoms with E-state index in [9.17, 15) is 0 Å². The van der Waals surface area contributed by atoms with Crippen LogP contribution in [0.3, 0.4) is 0 Å². The number of halogens is 1. The highest BCUT2D eigenvalue weighted by molar-refractivity contribution is 14.0. The highest BCUT2D eigenvalue weighted by atomic mass is 127. The fraction of sp³-hybridized carbons (Fsp3) is 0.647. The van der Waals surface area contributed by atoms with Gasteiger partial charge in [0.2, 0.25) is 0 Å². The van der Waals surface area contributed by atoms with E-state index in [0.29, 0.717) is 5.92 Å². The zero-order valence-electron chi connectivity index (χ0n) is 15.7. The molecule has 2 aromatic rings. The summed E-state index contributed by atoms with van der Waals surface area (Å²) >= 11 is 0. The summed E-state index contributed by atoms with van der Waals surface area (Å²) in [5.74, 6) is 3.35. The number of nitrogens with one attached hydrogen (secondary N) is 2.